The van der Waals surface area contributed by atoms with Gasteiger partial charge in [0.15, 0.2) is 0 Å². The molecule has 19 heavy (non-hydrogen) atoms. The van der Waals surface area contributed by atoms with Crippen LogP contribution in [0.25, 0.3) is 0 Å². The SMILES string of the molecule is CN(C(=O)c1cc(O)ccc1N)C1CCCCC1O. The molecule has 0 bridgehead atoms. The van der Waals surface area contributed by atoms with Gasteiger partial charge in [-0.05, 0) is 31.0 Å². The van der Waals surface area contributed by atoms with E-state index in [9.17, 15) is 15.0 Å². The van der Waals surface area contributed by atoms with Crippen LogP contribution in [0.2, 0.25) is 0 Å². The summed E-state index contributed by atoms with van der Waals surface area (Å²) in [4.78, 5) is 13.9. The molecule has 0 aliphatic heterocycles. The molecule has 2 unspecified atom stereocenters. The molecule has 1 aliphatic carbocycles. The summed E-state index contributed by atoms with van der Waals surface area (Å²) < 4.78 is 0. The lowest BCUT2D eigenvalue weighted by molar-refractivity contribution is 0.0268. The number of hydrogen-bond donors (Lipinski definition) is 3. The molecular formula is C14H20N2O3. The third-order valence-corrected chi connectivity index (χ3v) is 3.78. The van der Waals surface area contributed by atoms with Crippen LogP contribution in [0.15, 0.2) is 18.2 Å². The molecule has 0 radical (unpaired) electrons. The van der Waals surface area contributed by atoms with E-state index >= 15 is 0 Å². The van der Waals surface area contributed by atoms with Crippen LogP contribution in [0.1, 0.15) is 36.0 Å². The molecule has 0 spiro atoms. The van der Waals surface area contributed by atoms with Gasteiger partial charge in [-0.25, -0.2) is 0 Å². The van der Waals surface area contributed by atoms with Crippen LogP contribution >= 0.6 is 0 Å². The number of aliphatic hydroxyl groups excluding tert-OH is 1. The van der Waals surface area contributed by atoms with Crippen molar-refractivity contribution in [1.82, 2.24) is 4.90 Å². The number of benzene rings is 1. The molecule has 0 heterocycles. The molecule has 4 N–H and O–H groups in total. The second-order valence-corrected chi connectivity index (χ2v) is 5.11. The molecule has 1 aromatic rings. The molecule has 1 saturated carbocycles. The fourth-order valence-electron chi connectivity index (χ4n) is 2.61. The molecule has 0 saturated heterocycles. The number of nitrogens with zero attached hydrogens (tertiary/aromatic N) is 1. The Kier molecular flexibility index (Phi) is 3.95. The van der Waals surface area contributed by atoms with Gasteiger partial charge in [-0.2, -0.15) is 0 Å². The molecular weight excluding hydrogens is 244 g/mol. The first kappa shape index (κ1) is 13.7. The van der Waals surface area contributed by atoms with Crippen LogP contribution in [0.5, 0.6) is 5.75 Å². The number of aliphatic hydroxyl groups is 1. The van der Waals surface area contributed by atoms with Crippen LogP contribution in [-0.2, 0) is 0 Å². The lowest BCUT2D eigenvalue weighted by Crippen LogP contribution is -2.46. The number of hydrogen-bond acceptors (Lipinski definition) is 4. The minimum absolute atomic E-state index is 0.00939. The van der Waals surface area contributed by atoms with Gasteiger partial charge in [0.1, 0.15) is 5.75 Å². The van der Waals surface area contributed by atoms with Gasteiger partial charge in [0.25, 0.3) is 5.91 Å². The summed E-state index contributed by atoms with van der Waals surface area (Å²) in [6.07, 6.45) is 3.03. The summed E-state index contributed by atoms with van der Waals surface area (Å²) >= 11 is 0. The number of carbonyl (C=O) groups excluding carboxylic acids is 1. The van der Waals surface area contributed by atoms with Crippen molar-refractivity contribution in [2.75, 3.05) is 12.8 Å². The minimum Gasteiger partial charge on any atom is -0.508 e. The zero-order chi connectivity index (χ0) is 14.0. The molecule has 2 rings (SSSR count). The Morgan fingerprint density at radius 1 is 1.37 bits per heavy atom. The first-order chi connectivity index (χ1) is 9.00. The first-order valence-corrected chi connectivity index (χ1v) is 6.54. The summed E-state index contributed by atoms with van der Waals surface area (Å²) in [5.41, 5.74) is 6.38. The Hall–Kier alpha value is -1.75. The number of amides is 1. The van der Waals surface area contributed by atoms with E-state index in [-0.39, 0.29) is 23.3 Å². The lowest BCUT2D eigenvalue weighted by atomic mass is 9.91. The number of carbonyl (C=O) groups is 1. The van der Waals surface area contributed by atoms with Gasteiger partial charge < -0.3 is 20.8 Å². The van der Waals surface area contributed by atoms with Crippen molar-refractivity contribution in [1.29, 1.82) is 0 Å². The zero-order valence-electron chi connectivity index (χ0n) is 11.0. The maximum absolute atomic E-state index is 12.4. The zero-order valence-corrected chi connectivity index (χ0v) is 11.0. The summed E-state index contributed by atoms with van der Waals surface area (Å²) in [6.45, 7) is 0. The van der Waals surface area contributed by atoms with Crippen LogP contribution < -0.4 is 5.73 Å². The Bertz CT molecular complexity index is 476. The third kappa shape index (κ3) is 2.81. The number of rotatable bonds is 2. The van der Waals surface area contributed by atoms with E-state index in [0.717, 1.165) is 25.7 Å². The fraction of sp³-hybridized carbons (Fsp3) is 0.500. The van der Waals surface area contributed by atoms with Crippen molar-refractivity contribution >= 4 is 11.6 Å². The lowest BCUT2D eigenvalue weighted by Gasteiger charge is -2.35. The van der Waals surface area contributed by atoms with Gasteiger partial charge in [0.05, 0.1) is 17.7 Å². The van der Waals surface area contributed by atoms with Crippen LogP contribution in [0.4, 0.5) is 5.69 Å². The molecule has 5 heteroatoms. The van der Waals surface area contributed by atoms with Gasteiger partial charge in [-0.1, -0.05) is 12.8 Å². The van der Waals surface area contributed by atoms with Crippen LogP contribution in [0.3, 0.4) is 0 Å². The maximum atomic E-state index is 12.4. The molecule has 1 amide bonds. The summed E-state index contributed by atoms with van der Waals surface area (Å²) in [5.74, 6) is -0.255. The highest BCUT2D eigenvalue weighted by Crippen LogP contribution is 2.26. The van der Waals surface area contributed by atoms with Gasteiger partial charge in [0.2, 0.25) is 0 Å². The number of nitrogen functional groups attached to an aromatic ring is 1. The van der Waals surface area contributed by atoms with E-state index in [1.165, 1.54) is 23.1 Å². The predicted octanol–water partition coefficient (Wildman–Crippen LogP) is 1.35. The Morgan fingerprint density at radius 3 is 2.74 bits per heavy atom. The normalized spacial score (nSPS) is 23.1. The summed E-state index contributed by atoms with van der Waals surface area (Å²) in [5, 5.41) is 19.4. The van der Waals surface area contributed by atoms with Crippen molar-refractivity contribution in [3.8, 4) is 5.75 Å². The molecule has 1 aliphatic rings. The number of phenols is 1. The van der Waals surface area contributed by atoms with E-state index in [2.05, 4.69) is 0 Å². The Morgan fingerprint density at radius 2 is 2.05 bits per heavy atom. The molecule has 104 valence electrons. The highest BCUT2D eigenvalue weighted by atomic mass is 16.3. The largest absolute Gasteiger partial charge is 0.508 e. The molecule has 5 nitrogen and oxygen atoms in total. The van der Waals surface area contributed by atoms with E-state index in [0.29, 0.717) is 5.69 Å². The highest BCUT2D eigenvalue weighted by Gasteiger charge is 2.30. The topological polar surface area (TPSA) is 86.8 Å². The molecule has 1 fully saturated rings. The quantitative estimate of drug-likeness (QED) is 0.556. The Labute approximate surface area is 112 Å². The van der Waals surface area contributed by atoms with Crippen LogP contribution in [0, 0.1) is 0 Å². The highest BCUT2D eigenvalue weighted by molar-refractivity contribution is 5.99. The standard InChI is InChI=1S/C14H20N2O3/c1-16(12-4-2-3-5-13(12)18)14(19)10-8-9(17)6-7-11(10)15/h6-8,12-13,17-18H,2-5,15H2,1H3. The number of likely N-dealkylation sites (N-methyl/N-ethyl adjacent to an activating group) is 1. The summed E-state index contributed by atoms with van der Waals surface area (Å²) in [7, 11) is 1.67. The van der Waals surface area contributed by atoms with Gasteiger partial charge in [0, 0.05) is 12.7 Å². The van der Waals surface area contributed by atoms with Gasteiger partial charge in [-0.15, -0.1) is 0 Å². The maximum Gasteiger partial charge on any atom is 0.256 e. The first-order valence-electron chi connectivity index (χ1n) is 6.54. The predicted molar refractivity (Wildman–Crippen MR) is 72.9 cm³/mol. The van der Waals surface area contributed by atoms with Crippen molar-refractivity contribution in [3.63, 3.8) is 0 Å². The van der Waals surface area contributed by atoms with Crippen molar-refractivity contribution in [2.24, 2.45) is 0 Å². The number of anilines is 1. The average molecular weight is 264 g/mol. The molecule has 0 aromatic heterocycles. The third-order valence-electron chi connectivity index (χ3n) is 3.78. The van der Waals surface area contributed by atoms with Crippen molar-refractivity contribution < 1.29 is 15.0 Å². The monoisotopic (exact) mass is 264 g/mol. The van der Waals surface area contributed by atoms with Crippen molar-refractivity contribution in [3.05, 3.63) is 23.8 Å². The van der Waals surface area contributed by atoms with Gasteiger partial charge >= 0.3 is 0 Å². The fourth-order valence-corrected chi connectivity index (χ4v) is 2.61. The van der Waals surface area contributed by atoms with E-state index < -0.39 is 6.10 Å². The number of nitrogens with two attached hydrogens (primary N) is 1. The van der Waals surface area contributed by atoms with Crippen molar-refractivity contribution in [2.45, 2.75) is 37.8 Å². The van der Waals surface area contributed by atoms with E-state index in [4.69, 9.17) is 5.73 Å². The van der Waals surface area contributed by atoms with Gasteiger partial charge in [-0.3, -0.25) is 4.79 Å². The molecule has 2 atom stereocenters. The minimum atomic E-state index is -0.485. The smallest absolute Gasteiger partial charge is 0.256 e. The Balaban J connectivity index is 2.20. The average Bonchev–Trinajstić information content (AvgIpc) is 2.40. The van der Waals surface area contributed by atoms with E-state index in [1.807, 2.05) is 0 Å². The second kappa shape index (κ2) is 5.48. The summed E-state index contributed by atoms with van der Waals surface area (Å²) in [6, 6.07) is 4.14. The van der Waals surface area contributed by atoms with Crippen LogP contribution in [-0.4, -0.2) is 40.2 Å². The second-order valence-electron chi connectivity index (χ2n) is 5.11. The number of phenolic OH excluding ortho intramolecular Hbond substituents is 1. The van der Waals surface area contributed by atoms with E-state index in [1.54, 1.807) is 7.05 Å². The number of aromatic hydroxyl groups is 1. The molecule has 1 aromatic carbocycles.